The van der Waals surface area contributed by atoms with Crippen molar-refractivity contribution in [3.63, 3.8) is 0 Å². The highest BCUT2D eigenvalue weighted by molar-refractivity contribution is 9.10. The largest absolute Gasteiger partial charge is 0.327 e. The van der Waals surface area contributed by atoms with E-state index in [9.17, 15) is 0 Å². The van der Waals surface area contributed by atoms with Crippen molar-refractivity contribution in [1.82, 2.24) is 0 Å². The first-order valence-electron chi connectivity index (χ1n) is 7.07. The minimum absolute atomic E-state index is 0.304. The summed E-state index contributed by atoms with van der Waals surface area (Å²) in [6.07, 6.45) is 4.94. The first kappa shape index (κ1) is 14.1. The van der Waals surface area contributed by atoms with Gasteiger partial charge in [0.05, 0.1) is 0 Å². The zero-order valence-electron chi connectivity index (χ0n) is 11.4. The number of rotatable bonds is 3. The molecule has 1 aliphatic rings. The predicted molar refractivity (Wildman–Crippen MR) is 81.5 cm³/mol. The molecule has 0 aromatic heterocycles. The second-order valence-electron chi connectivity index (χ2n) is 5.99. The molecule has 18 heavy (non-hydrogen) atoms. The second-order valence-corrected chi connectivity index (χ2v) is 6.84. The summed E-state index contributed by atoms with van der Waals surface area (Å²) in [5, 5.41) is 0. The van der Waals surface area contributed by atoms with Crippen LogP contribution >= 0.6 is 15.9 Å². The summed E-state index contributed by atoms with van der Waals surface area (Å²) in [6.45, 7) is 4.75. The Balaban J connectivity index is 1.96. The lowest BCUT2D eigenvalue weighted by Crippen LogP contribution is -2.37. The number of hydrogen-bond donors (Lipinski definition) is 1. The van der Waals surface area contributed by atoms with Crippen molar-refractivity contribution < 1.29 is 0 Å². The van der Waals surface area contributed by atoms with Gasteiger partial charge in [0.1, 0.15) is 0 Å². The highest BCUT2D eigenvalue weighted by Crippen LogP contribution is 2.35. The summed E-state index contributed by atoms with van der Waals surface area (Å²) >= 11 is 3.61. The Labute approximate surface area is 119 Å². The summed E-state index contributed by atoms with van der Waals surface area (Å²) < 4.78 is 1.19. The van der Waals surface area contributed by atoms with Crippen LogP contribution in [0.15, 0.2) is 28.7 Å². The van der Waals surface area contributed by atoms with E-state index in [0.29, 0.717) is 12.0 Å². The predicted octanol–water partition coefficient (Wildman–Crippen LogP) is 4.39. The number of hydrogen-bond acceptors (Lipinski definition) is 1. The van der Waals surface area contributed by atoms with Crippen LogP contribution in [0.3, 0.4) is 0 Å². The first-order valence-corrected chi connectivity index (χ1v) is 7.86. The molecule has 0 saturated heterocycles. The van der Waals surface area contributed by atoms with Crippen molar-refractivity contribution in [1.29, 1.82) is 0 Å². The van der Waals surface area contributed by atoms with Gasteiger partial charge in [0.25, 0.3) is 0 Å². The summed E-state index contributed by atoms with van der Waals surface area (Å²) in [4.78, 5) is 0. The molecule has 0 heterocycles. The monoisotopic (exact) mass is 309 g/mol. The maximum absolute atomic E-state index is 6.44. The lowest BCUT2D eigenvalue weighted by atomic mass is 9.72. The summed E-state index contributed by atoms with van der Waals surface area (Å²) in [5.41, 5.74) is 7.78. The van der Waals surface area contributed by atoms with Crippen molar-refractivity contribution in [2.45, 2.75) is 45.6 Å². The Morgan fingerprint density at radius 2 is 1.94 bits per heavy atom. The Hall–Kier alpha value is -0.340. The standard InChI is InChI=1S/C16H24BrN/c1-11-7-8-14(9-12(11)2)16(18)10-13-5-3-4-6-15(13)17/h3-6,11-12,14,16H,7-10,18H2,1-2H3. The molecule has 100 valence electrons. The normalized spacial score (nSPS) is 30.1. The molecule has 1 nitrogen and oxygen atoms in total. The van der Waals surface area contributed by atoms with E-state index in [1.54, 1.807) is 0 Å². The van der Waals surface area contributed by atoms with Gasteiger partial charge in [0.2, 0.25) is 0 Å². The molecular weight excluding hydrogens is 286 g/mol. The Morgan fingerprint density at radius 3 is 2.61 bits per heavy atom. The SMILES string of the molecule is CC1CCC(C(N)Cc2ccccc2Br)CC1C. The van der Waals surface area contributed by atoms with Crippen LogP contribution in [-0.4, -0.2) is 6.04 Å². The molecule has 0 amide bonds. The number of halogens is 1. The molecule has 1 aliphatic carbocycles. The second kappa shape index (κ2) is 6.21. The van der Waals surface area contributed by atoms with Crippen LogP contribution in [0.4, 0.5) is 0 Å². The van der Waals surface area contributed by atoms with Crippen LogP contribution in [0.1, 0.15) is 38.7 Å². The minimum atomic E-state index is 0.304. The van der Waals surface area contributed by atoms with Gasteiger partial charge in [-0.25, -0.2) is 0 Å². The van der Waals surface area contributed by atoms with E-state index in [-0.39, 0.29) is 0 Å². The number of benzene rings is 1. The smallest absolute Gasteiger partial charge is 0.0207 e. The molecule has 1 fully saturated rings. The molecule has 0 radical (unpaired) electrons. The van der Waals surface area contributed by atoms with Crippen LogP contribution in [0, 0.1) is 17.8 Å². The van der Waals surface area contributed by atoms with Gasteiger partial charge in [-0.2, -0.15) is 0 Å². The van der Waals surface area contributed by atoms with Crippen molar-refractivity contribution in [2.24, 2.45) is 23.5 Å². The van der Waals surface area contributed by atoms with Gasteiger partial charge < -0.3 is 5.73 Å². The quantitative estimate of drug-likeness (QED) is 0.880. The van der Waals surface area contributed by atoms with E-state index < -0.39 is 0 Å². The average molecular weight is 310 g/mol. The maximum atomic E-state index is 6.44. The van der Waals surface area contributed by atoms with E-state index in [1.165, 1.54) is 29.3 Å². The lowest BCUT2D eigenvalue weighted by Gasteiger charge is -2.35. The summed E-state index contributed by atoms with van der Waals surface area (Å²) in [6, 6.07) is 8.74. The van der Waals surface area contributed by atoms with Crippen LogP contribution in [0.2, 0.25) is 0 Å². The van der Waals surface area contributed by atoms with Gasteiger partial charge in [0.15, 0.2) is 0 Å². The van der Waals surface area contributed by atoms with Crippen LogP contribution in [0.25, 0.3) is 0 Å². The highest BCUT2D eigenvalue weighted by Gasteiger charge is 2.28. The van der Waals surface area contributed by atoms with E-state index in [4.69, 9.17) is 5.73 Å². The summed E-state index contributed by atoms with van der Waals surface area (Å²) in [7, 11) is 0. The van der Waals surface area contributed by atoms with Crippen molar-refractivity contribution >= 4 is 15.9 Å². The average Bonchev–Trinajstić information content (AvgIpc) is 2.35. The zero-order valence-corrected chi connectivity index (χ0v) is 13.0. The first-order chi connectivity index (χ1) is 8.58. The molecule has 1 aromatic carbocycles. The molecule has 4 atom stereocenters. The Bertz CT molecular complexity index is 390. The highest BCUT2D eigenvalue weighted by atomic mass is 79.9. The molecule has 2 rings (SSSR count). The molecule has 1 aromatic rings. The van der Waals surface area contributed by atoms with E-state index in [0.717, 1.165) is 18.3 Å². The molecule has 2 N–H and O–H groups in total. The van der Waals surface area contributed by atoms with Crippen molar-refractivity contribution in [3.8, 4) is 0 Å². The van der Waals surface area contributed by atoms with Crippen LogP contribution < -0.4 is 5.73 Å². The van der Waals surface area contributed by atoms with Crippen LogP contribution in [-0.2, 0) is 6.42 Å². The van der Waals surface area contributed by atoms with Gasteiger partial charge in [-0.1, -0.05) is 54.4 Å². The molecule has 0 aliphatic heterocycles. The zero-order chi connectivity index (χ0) is 13.1. The molecule has 4 unspecified atom stereocenters. The van der Waals surface area contributed by atoms with Gasteiger partial charge in [-0.3, -0.25) is 0 Å². The maximum Gasteiger partial charge on any atom is 0.0207 e. The van der Waals surface area contributed by atoms with E-state index in [1.807, 2.05) is 0 Å². The third kappa shape index (κ3) is 3.36. The van der Waals surface area contributed by atoms with Crippen LogP contribution in [0.5, 0.6) is 0 Å². The van der Waals surface area contributed by atoms with Gasteiger partial charge in [-0.15, -0.1) is 0 Å². The number of nitrogens with two attached hydrogens (primary N) is 1. The Kier molecular flexibility index (Phi) is 4.85. The molecule has 1 saturated carbocycles. The topological polar surface area (TPSA) is 26.0 Å². The summed E-state index contributed by atoms with van der Waals surface area (Å²) in [5.74, 6) is 2.40. The molecule has 2 heteroatoms. The van der Waals surface area contributed by atoms with Crippen molar-refractivity contribution in [2.75, 3.05) is 0 Å². The third-order valence-corrected chi connectivity index (χ3v) is 5.43. The minimum Gasteiger partial charge on any atom is -0.327 e. The lowest BCUT2D eigenvalue weighted by molar-refractivity contribution is 0.185. The van der Waals surface area contributed by atoms with Crippen molar-refractivity contribution in [3.05, 3.63) is 34.3 Å². The third-order valence-electron chi connectivity index (χ3n) is 4.66. The fourth-order valence-corrected chi connectivity index (χ4v) is 3.51. The molecular formula is C16H24BrN. The van der Waals surface area contributed by atoms with E-state index in [2.05, 4.69) is 54.0 Å². The van der Waals surface area contributed by atoms with Gasteiger partial charge >= 0.3 is 0 Å². The fourth-order valence-electron chi connectivity index (χ4n) is 3.06. The van der Waals surface area contributed by atoms with Gasteiger partial charge in [0, 0.05) is 10.5 Å². The molecule has 0 bridgehead atoms. The molecule has 0 spiro atoms. The van der Waals surface area contributed by atoms with E-state index >= 15 is 0 Å². The Morgan fingerprint density at radius 1 is 1.22 bits per heavy atom. The van der Waals surface area contributed by atoms with Gasteiger partial charge in [-0.05, 0) is 48.6 Å². The fraction of sp³-hybridized carbons (Fsp3) is 0.625.